The lowest BCUT2D eigenvalue weighted by atomic mass is 9.87. The van der Waals surface area contributed by atoms with Gasteiger partial charge in [0.2, 0.25) is 0 Å². The molecule has 1 aliphatic carbocycles. The first-order valence-electron chi connectivity index (χ1n) is 6.88. The van der Waals surface area contributed by atoms with Crippen molar-refractivity contribution in [3.63, 3.8) is 0 Å². The van der Waals surface area contributed by atoms with Crippen molar-refractivity contribution >= 4 is 23.2 Å². The molecule has 1 atom stereocenters. The van der Waals surface area contributed by atoms with Gasteiger partial charge in [0.15, 0.2) is 0 Å². The number of hydrogen-bond acceptors (Lipinski definition) is 1. The third-order valence-electron chi connectivity index (χ3n) is 4.01. The fraction of sp³-hybridized carbons (Fsp3) is 0.600. The van der Waals surface area contributed by atoms with E-state index in [9.17, 15) is 4.39 Å². The van der Waals surface area contributed by atoms with Gasteiger partial charge in [0.1, 0.15) is 5.82 Å². The molecule has 1 unspecified atom stereocenters. The summed E-state index contributed by atoms with van der Waals surface area (Å²) in [5, 5.41) is 4.19. The maximum absolute atomic E-state index is 13.5. The third-order valence-corrected chi connectivity index (χ3v) is 4.73. The SMILES string of the molecule is CC1CCC(NC(C)c2c(Cl)ccc(F)c2Cl)CC1. The van der Waals surface area contributed by atoms with Crippen molar-refractivity contribution in [3.8, 4) is 0 Å². The largest absolute Gasteiger partial charge is 0.307 e. The summed E-state index contributed by atoms with van der Waals surface area (Å²) in [6.45, 7) is 4.28. The molecule has 1 aliphatic rings. The van der Waals surface area contributed by atoms with Gasteiger partial charge in [-0.1, -0.05) is 30.1 Å². The summed E-state index contributed by atoms with van der Waals surface area (Å²) in [4.78, 5) is 0. The molecule has 19 heavy (non-hydrogen) atoms. The Bertz CT molecular complexity index is 442. The van der Waals surface area contributed by atoms with Crippen molar-refractivity contribution < 1.29 is 4.39 Å². The monoisotopic (exact) mass is 303 g/mol. The molecule has 106 valence electrons. The van der Waals surface area contributed by atoms with Crippen molar-refractivity contribution in [1.29, 1.82) is 0 Å². The molecule has 1 aromatic carbocycles. The minimum atomic E-state index is -0.410. The van der Waals surface area contributed by atoms with E-state index in [1.807, 2.05) is 6.92 Å². The Balaban J connectivity index is 2.08. The van der Waals surface area contributed by atoms with Crippen molar-refractivity contribution in [2.24, 2.45) is 5.92 Å². The molecule has 0 spiro atoms. The van der Waals surface area contributed by atoms with Crippen LogP contribution < -0.4 is 5.32 Å². The van der Waals surface area contributed by atoms with Crippen LogP contribution in [0.15, 0.2) is 12.1 Å². The Morgan fingerprint density at radius 2 is 1.84 bits per heavy atom. The molecular formula is C15H20Cl2FN. The number of halogens is 3. The van der Waals surface area contributed by atoms with E-state index in [-0.39, 0.29) is 11.1 Å². The van der Waals surface area contributed by atoms with Crippen LogP contribution in [0.25, 0.3) is 0 Å². The highest BCUT2D eigenvalue weighted by Crippen LogP contribution is 2.33. The molecule has 4 heteroatoms. The van der Waals surface area contributed by atoms with E-state index in [0.29, 0.717) is 16.6 Å². The van der Waals surface area contributed by atoms with Gasteiger partial charge in [-0.15, -0.1) is 0 Å². The fourth-order valence-corrected chi connectivity index (χ4v) is 3.50. The molecule has 0 heterocycles. The number of hydrogen-bond donors (Lipinski definition) is 1. The Morgan fingerprint density at radius 3 is 2.47 bits per heavy atom. The smallest absolute Gasteiger partial charge is 0.142 e. The Hall–Kier alpha value is -0.310. The standard InChI is InChI=1S/C15H20Cl2FN/c1-9-3-5-11(6-4-9)19-10(2)14-12(16)7-8-13(18)15(14)17/h7-11,19H,3-6H2,1-2H3. The van der Waals surface area contributed by atoms with Crippen LogP contribution in [0.1, 0.15) is 51.1 Å². The lowest BCUT2D eigenvalue weighted by Gasteiger charge is -2.30. The van der Waals surface area contributed by atoms with Gasteiger partial charge in [-0.25, -0.2) is 4.39 Å². The molecule has 0 bridgehead atoms. The lowest BCUT2D eigenvalue weighted by Crippen LogP contribution is -2.34. The highest BCUT2D eigenvalue weighted by Gasteiger charge is 2.23. The van der Waals surface area contributed by atoms with Gasteiger partial charge in [-0.3, -0.25) is 0 Å². The summed E-state index contributed by atoms with van der Waals surface area (Å²) in [6, 6.07) is 3.32. The van der Waals surface area contributed by atoms with Crippen molar-refractivity contribution in [1.82, 2.24) is 5.32 Å². The van der Waals surface area contributed by atoms with Crippen LogP contribution in [0.2, 0.25) is 10.0 Å². The summed E-state index contributed by atoms with van der Waals surface area (Å²) in [7, 11) is 0. The van der Waals surface area contributed by atoms with Crippen LogP contribution in [0.5, 0.6) is 0 Å². The molecule has 1 nitrogen and oxygen atoms in total. The first kappa shape index (κ1) is 15.1. The summed E-state index contributed by atoms with van der Waals surface area (Å²) in [6.07, 6.45) is 4.82. The first-order valence-corrected chi connectivity index (χ1v) is 7.64. The Morgan fingerprint density at radius 1 is 1.21 bits per heavy atom. The number of rotatable bonds is 3. The van der Waals surface area contributed by atoms with Gasteiger partial charge in [0.05, 0.1) is 5.02 Å². The first-order chi connectivity index (χ1) is 8.99. The predicted molar refractivity (Wildman–Crippen MR) is 79.4 cm³/mol. The van der Waals surface area contributed by atoms with E-state index in [2.05, 4.69) is 12.2 Å². The molecule has 0 radical (unpaired) electrons. The molecule has 1 fully saturated rings. The van der Waals surface area contributed by atoms with Gasteiger partial charge in [0.25, 0.3) is 0 Å². The zero-order chi connectivity index (χ0) is 14.0. The van der Waals surface area contributed by atoms with Crippen LogP contribution in [0.4, 0.5) is 4.39 Å². The second kappa shape index (κ2) is 6.43. The summed E-state index contributed by atoms with van der Waals surface area (Å²) >= 11 is 12.2. The zero-order valence-corrected chi connectivity index (χ0v) is 12.9. The van der Waals surface area contributed by atoms with E-state index < -0.39 is 5.82 Å². The Labute approximate surface area is 124 Å². The second-order valence-electron chi connectivity index (χ2n) is 5.60. The average molecular weight is 304 g/mol. The van der Waals surface area contributed by atoms with Gasteiger partial charge in [-0.05, 0) is 50.7 Å². The normalized spacial score (nSPS) is 25.3. The Kier molecular flexibility index (Phi) is 5.10. The van der Waals surface area contributed by atoms with Gasteiger partial charge in [-0.2, -0.15) is 0 Å². The van der Waals surface area contributed by atoms with E-state index in [1.54, 1.807) is 6.07 Å². The molecule has 1 aromatic rings. The maximum atomic E-state index is 13.5. The van der Waals surface area contributed by atoms with E-state index in [1.165, 1.54) is 18.9 Å². The topological polar surface area (TPSA) is 12.0 Å². The molecular weight excluding hydrogens is 284 g/mol. The average Bonchev–Trinajstić information content (AvgIpc) is 2.37. The van der Waals surface area contributed by atoms with E-state index >= 15 is 0 Å². The van der Waals surface area contributed by atoms with Gasteiger partial charge in [0, 0.05) is 22.7 Å². The van der Waals surface area contributed by atoms with Crippen LogP contribution in [0, 0.1) is 11.7 Å². The van der Waals surface area contributed by atoms with E-state index in [4.69, 9.17) is 23.2 Å². The molecule has 0 amide bonds. The third kappa shape index (κ3) is 3.62. The van der Waals surface area contributed by atoms with E-state index in [0.717, 1.165) is 18.8 Å². The van der Waals surface area contributed by atoms with Crippen LogP contribution in [-0.2, 0) is 0 Å². The quantitative estimate of drug-likeness (QED) is 0.741. The van der Waals surface area contributed by atoms with Gasteiger partial charge < -0.3 is 5.32 Å². The van der Waals surface area contributed by atoms with Crippen molar-refractivity contribution in [3.05, 3.63) is 33.6 Å². The molecule has 0 saturated heterocycles. The summed E-state index contributed by atoms with van der Waals surface area (Å²) < 4.78 is 13.5. The van der Waals surface area contributed by atoms with Crippen molar-refractivity contribution in [2.45, 2.75) is 51.6 Å². The predicted octanol–water partition coefficient (Wildman–Crippen LogP) is 5.36. The molecule has 0 aromatic heterocycles. The molecule has 2 rings (SSSR count). The van der Waals surface area contributed by atoms with Crippen LogP contribution in [0.3, 0.4) is 0 Å². The molecule has 0 aliphatic heterocycles. The second-order valence-corrected chi connectivity index (χ2v) is 6.39. The van der Waals surface area contributed by atoms with Crippen LogP contribution in [-0.4, -0.2) is 6.04 Å². The lowest BCUT2D eigenvalue weighted by molar-refractivity contribution is 0.291. The van der Waals surface area contributed by atoms with Gasteiger partial charge >= 0.3 is 0 Å². The fourth-order valence-electron chi connectivity index (χ4n) is 2.80. The summed E-state index contributed by atoms with van der Waals surface area (Å²) in [5.41, 5.74) is 0.668. The highest BCUT2D eigenvalue weighted by atomic mass is 35.5. The maximum Gasteiger partial charge on any atom is 0.142 e. The van der Waals surface area contributed by atoms with Crippen molar-refractivity contribution in [2.75, 3.05) is 0 Å². The minimum Gasteiger partial charge on any atom is -0.307 e. The van der Waals surface area contributed by atoms with Crippen LogP contribution >= 0.6 is 23.2 Å². The molecule has 1 saturated carbocycles. The summed E-state index contributed by atoms with van der Waals surface area (Å²) in [5.74, 6) is 0.404. The number of benzene rings is 1. The highest BCUT2D eigenvalue weighted by molar-refractivity contribution is 6.36. The molecule has 1 N–H and O–H groups in total. The minimum absolute atomic E-state index is 0.0332. The zero-order valence-electron chi connectivity index (χ0n) is 11.3. The number of nitrogens with one attached hydrogen (secondary N) is 1.